The molecule has 0 bridgehead atoms. The van der Waals surface area contributed by atoms with Crippen molar-refractivity contribution in [2.24, 2.45) is 5.92 Å². The summed E-state index contributed by atoms with van der Waals surface area (Å²) in [6.45, 7) is 6.91. The van der Waals surface area contributed by atoms with E-state index in [4.69, 9.17) is 14.2 Å². The Hall–Kier alpha value is -1.30. The number of rotatable bonds is 6. The Morgan fingerprint density at radius 2 is 2.00 bits per heavy atom. The van der Waals surface area contributed by atoms with Crippen LogP contribution in [0.4, 0.5) is 0 Å². The third-order valence-corrected chi connectivity index (χ3v) is 3.98. The summed E-state index contributed by atoms with van der Waals surface area (Å²) in [7, 11) is 3.26. The second kappa shape index (κ2) is 7.81. The first kappa shape index (κ1) is 17.1. The lowest BCUT2D eigenvalue weighted by atomic mass is 9.96. The first-order chi connectivity index (χ1) is 10.6. The van der Waals surface area contributed by atoms with E-state index < -0.39 is 0 Å². The topological polar surface area (TPSA) is 51.2 Å². The first-order valence-corrected chi connectivity index (χ1v) is 7.79. The maximum absolute atomic E-state index is 9.69. The molecule has 0 aromatic heterocycles. The van der Waals surface area contributed by atoms with Crippen LogP contribution in [-0.2, 0) is 4.74 Å². The number of hydrogen-bond donors (Lipinski definition) is 1. The number of benzene rings is 1. The molecular weight excluding hydrogens is 282 g/mol. The van der Waals surface area contributed by atoms with Crippen molar-refractivity contribution in [3.05, 3.63) is 23.8 Å². The number of methoxy groups -OCH3 is 2. The maximum Gasteiger partial charge on any atom is 0.161 e. The molecule has 1 aromatic carbocycles. The summed E-state index contributed by atoms with van der Waals surface area (Å²) >= 11 is 0. The molecule has 5 nitrogen and oxygen atoms in total. The zero-order valence-corrected chi connectivity index (χ0v) is 13.9. The van der Waals surface area contributed by atoms with Crippen molar-refractivity contribution in [2.75, 3.05) is 40.5 Å². The van der Waals surface area contributed by atoms with Crippen molar-refractivity contribution in [2.45, 2.75) is 26.0 Å². The standard InChI is InChI=1S/C17H27NO4/c1-12(2)10-18-7-8-22-16(11-19)17(18)13-5-6-14(20-3)15(9-13)21-4/h5-6,9,12,16-17,19H,7-8,10-11H2,1-4H3/t16-,17-/m1/s1. The van der Waals surface area contributed by atoms with Crippen LogP contribution in [0, 0.1) is 5.92 Å². The van der Waals surface area contributed by atoms with Crippen molar-refractivity contribution in [1.29, 1.82) is 0 Å². The van der Waals surface area contributed by atoms with Gasteiger partial charge in [-0.3, -0.25) is 4.90 Å². The summed E-state index contributed by atoms with van der Waals surface area (Å²) in [4.78, 5) is 2.39. The fourth-order valence-corrected chi connectivity index (χ4v) is 3.08. The summed E-state index contributed by atoms with van der Waals surface area (Å²) in [5.74, 6) is 1.96. The molecule has 0 amide bonds. The van der Waals surface area contributed by atoms with Crippen molar-refractivity contribution < 1.29 is 19.3 Å². The number of hydrogen-bond acceptors (Lipinski definition) is 5. The predicted octanol–water partition coefficient (Wildman–Crippen LogP) is 2.09. The fraction of sp³-hybridized carbons (Fsp3) is 0.647. The van der Waals surface area contributed by atoms with Crippen LogP contribution in [-0.4, -0.2) is 56.6 Å². The lowest BCUT2D eigenvalue weighted by Crippen LogP contribution is -2.48. The molecule has 1 fully saturated rings. The molecular formula is C17H27NO4. The fourth-order valence-electron chi connectivity index (χ4n) is 3.08. The van der Waals surface area contributed by atoms with Crippen LogP contribution >= 0.6 is 0 Å². The Morgan fingerprint density at radius 3 is 2.59 bits per heavy atom. The lowest BCUT2D eigenvalue weighted by molar-refractivity contribution is -0.0958. The Balaban J connectivity index is 2.34. The normalized spacial score (nSPS) is 22.8. The van der Waals surface area contributed by atoms with Gasteiger partial charge in [-0.15, -0.1) is 0 Å². The number of aliphatic hydroxyl groups excluding tert-OH is 1. The smallest absolute Gasteiger partial charge is 0.161 e. The van der Waals surface area contributed by atoms with Gasteiger partial charge in [0.25, 0.3) is 0 Å². The highest BCUT2D eigenvalue weighted by Gasteiger charge is 2.33. The van der Waals surface area contributed by atoms with Crippen LogP contribution in [0.3, 0.4) is 0 Å². The van der Waals surface area contributed by atoms with Gasteiger partial charge in [0, 0.05) is 13.1 Å². The van der Waals surface area contributed by atoms with E-state index in [1.54, 1.807) is 14.2 Å². The third kappa shape index (κ3) is 3.72. The Bertz CT molecular complexity index is 478. The van der Waals surface area contributed by atoms with E-state index in [1.807, 2.05) is 18.2 Å². The summed E-state index contributed by atoms with van der Waals surface area (Å²) in [5.41, 5.74) is 1.08. The van der Waals surface area contributed by atoms with Gasteiger partial charge in [0.2, 0.25) is 0 Å². The summed E-state index contributed by atoms with van der Waals surface area (Å²) in [6, 6.07) is 5.94. The van der Waals surface area contributed by atoms with Gasteiger partial charge in [-0.2, -0.15) is 0 Å². The van der Waals surface area contributed by atoms with Gasteiger partial charge in [-0.05, 0) is 23.6 Å². The van der Waals surface area contributed by atoms with Crippen LogP contribution in [0.25, 0.3) is 0 Å². The van der Waals surface area contributed by atoms with Crippen molar-refractivity contribution in [1.82, 2.24) is 4.90 Å². The molecule has 1 N–H and O–H groups in total. The van der Waals surface area contributed by atoms with Gasteiger partial charge in [-0.25, -0.2) is 0 Å². The molecule has 1 saturated heterocycles. The van der Waals surface area contributed by atoms with Crippen LogP contribution in [0.2, 0.25) is 0 Å². The maximum atomic E-state index is 9.69. The first-order valence-electron chi connectivity index (χ1n) is 7.79. The highest BCUT2D eigenvalue weighted by Crippen LogP contribution is 2.35. The Kier molecular flexibility index (Phi) is 6.06. The molecule has 1 aromatic rings. The van der Waals surface area contributed by atoms with Crippen LogP contribution in [0.15, 0.2) is 18.2 Å². The van der Waals surface area contributed by atoms with E-state index in [1.165, 1.54) is 0 Å². The van der Waals surface area contributed by atoms with Gasteiger partial charge >= 0.3 is 0 Å². The lowest BCUT2D eigenvalue weighted by Gasteiger charge is -2.41. The van der Waals surface area contributed by atoms with E-state index in [2.05, 4.69) is 18.7 Å². The monoisotopic (exact) mass is 309 g/mol. The molecule has 1 heterocycles. The highest BCUT2D eigenvalue weighted by atomic mass is 16.5. The van der Waals surface area contributed by atoms with E-state index in [-0.39, 0.29) is 18.8 Å². The Morgan fingerprint density at radius 1 is 1.27 bits per heavy atom. The molecule has 0 radical (unpaired) electrons. The minimum atomic E-state index is -0.217. The molecule has 22 heavy (non-hydrogen) atoms. The van der Waals surface area contributed by atoms with Gasteiger partial charge in [0.15, 0.2) is 11.5 Å². The van der Waals surface area contributed by atoms with E-state index in [0.717, 1.165) is 18.7 Å². The largest absolute Gasteiger partial charge is 0.493 e. The predicted molar refractivity (Wildman–Crippen MR) is 85.5 cm³/mol. The molecule has 1 aliphatic heterocycles. The van der Waals surface area contributed by atoms with Crippen LogP contribution in [0.5, 0.6) is 11.5 Å². The zero-order chi connectivity index (χ0) is 16.1. The molecule has 2 rings (SSSR count). The van der Waals surface area contributed by atoms with Crippen LogP contribution in [0.1, 0.15) is 25.5 Å². The molecule has 124 valence electrons. The van der Waals surface area contributed by atoms with Crippen molar-refractivity contribution in [3.8, 4) is 11.5 Å². The minimum Gasteiger partial charge on any atom is -0.493 e. The number of ether oxygens (including phenoxy) is 3. The van der Waals surface area contributed by atoms with Gasteiger partial charge in [0.05, 0.1) is 33.5 Å². The summed E-state index contributed by atoms with van der Waals surface area (Å²) in [5, 5.41) is 9.69. The zero-order valence-electron chi connectivity index (χ0n) is 13.9. The molecule has 5 heteroatoms. The molecule has 0 saturated carbocycles. The highest BCUT2D eigenvalue weighted by molar-refractivity contribution is 5.44. The molecule has 0 spiro atoms. The second-order valence-electron chi connectivity index (χ2n) is 6.04. The SMILES string of the molecule is COc1ccc([C@@H]2[C@@H](CO)OCCN2CC(C)C)cc1OC. The summed E-state index contributed by atoms with van der Waals surface area (Å²) in [6.07, 6.45) is -0.217. The molecule has 0 unspecified atom stereocenters. The number of nitrogens with zero attached hydrogens (tertiary/aromatic N) is 1. The number of morpholine rings is 1. The molecule has 1 aliphatic rings. The average Bonchev–Trinajstić information content (AvgIpc) is 2.53. The van der Waals surface area contributed by atoms with Crippen molar-refractivity contribution >= 4 is 0 Å². The van der Waals surface area contributed by atoms with Gasteiger partial charge < -0.3 is 19.3 Å². The van der Waals surface area contributed by atoms with Gasteiger partial charge in [0.1, 0.15) is 6.10 Å². The molecule has 2 atom stereocenters. The third-order valence-electron chi connectivity index (χ3n) is 3.98. The quantitative estimate of drug-likeness (QED) is 0.872. The van der Waals surface area contributed by atoms with Gasteiger partial charge in [-0.1, -0.05) is 19.9 Å². The van der Waals surface area contributed by atoms with E-state index in [0.29, 0.717) is 24.0 Å². The average molecular weight is 309 g/mol. The van der Waals surface area contributed by atoms with Crippen molar-refractivity contribution in [3.63, 3.8) is 0 Å². The number of aliphatic hydroxyl groups is 1. The second-order valence-corrected chi connectivity index (χ2v) is 6.04. The van der Waals surface area contributed by atoms with E-state index in [9.17, 15) is 5.11 Å². The van der Waals surface area contributed by atoms with E-state index >= 15 is 0 Å². The minimum absolute atomic E-state index is 0.00755. The molecule has 0 aliphatic carbocycles. The van der Waals surface area contributed by atoms with Crippen LogP contribution < -0.4 is 9.47 Å². The Labute approximate surface area is 132 Å². The summed E-state index contributed by atoms with van der Waals surface area (Å²) < 4.78 is 16.5.